The summed E-state index contributed by atoms with van der Waals surface area (Å²) in [5.41, 5.74) is 6.47. The molecule has 8 nitrogen and oxygen atoms in total. The van der Waals surface area contributed by atoms with Gasteiger partial charge in [-0.05, 0) is 44.2 Å². The number of piperidine rings is 2. The molecule has 0 aliphatic carbocycles. The number of pyridine rings is 1. The lowest BCUT2D eigenvalue weighted by molar-refractivity contribution is -0.139. The molecule has 0 saturated carbocycles. The van der Waals surface area contributed by atoms with Crippen LogP contribution in [0.2, 0.25) is 0 Å². The van der Waals surface area contributed by atoms with E-state index in [-0.39, 0.29) is 30.7 Å². The zero-order valence-corrected chi connectivity index (χ0v) is 16.9. The lowest BCUT2D eigenvalue weighted by Gasteiger charge is -2.33. The van der Waals surface area contributed by atoms with Crippen molar-refractivity contribution in [3.63, 3.8) is 0 Å². The maximum atomic E-state index is 12.8. The zero-order valence-electron chi connectivity index (χ0n) is 16.9. The van der Waals surface area contributed by atoms with E-state index in [9.17, 15) is 14.4 Å². The van der Waals surface area contributed by atoms with Gasteiger partial charge in [-0.1, -0.05) is 0 Å². The fourth-order valence-corrected chi connectivity index (χ4v) is 4.19. The summed E-state index contributed by atoms with van der Waals surface area (Å²) >= 11 is 0. The fraction of sp³-hybridized carbons (Fsp3) is 0.619. The predicted octanol–water partition coefficient (Wildman–Crippen LogP) is 0.918. The van der Waals surface area contributed by atoms with Gasteiger partial charge in [0.25, 0.3) is 0 Å². The maximum absolute atomic E-state index is 12.8. The van der Waals surface area contributed by atoms with Crippen molar-refractivity contribution in [3.05, 3.63) is 24.5 Å². The van der Waals surface area contributed by atoms with Crippen LogP contribution in [0.25, 0.3) is 0 Å². The Morgan fingerprint density at radius 2 is 1.72 bits per heavy atom. The van der Waals surface area contributed by atoms with Crippen molar-refractivity contribution >= 4 is 23.4 Å². The van der Waals surface area contributed by atoms with Crippen LogP contribution in [-0.2, 0) is 14.4 Å². The number of nitrogens with zero attached hydrogens (tertiary/aromatic N) is 3. The molecule has 3 N–H and O–H groups in total. The van der Waals surface area contributed by atoms with Crippen LogP contribution in [0.15, 0.2) is 24.5 Å². The van der Waals surface area contributed by atoms with Gasteiger partial charge in [0.1, 0.15) is 0 Å². The minimum atomic E-state index is -0.577. The van der Waals surface area contributed by atoms with Crippen molar-refractivity contribution in [1.29, 1.82) is 0 Å². The predicted molar refractivity (Wildman–Crippen MR) is 110 cm³/mol. The second kappa shape index (κ2) is 10.2. The first-order valence-corrected chi connectivity index (χ1v) is 10.5. The summed E-state index contributed by atoms with van der Waals surface area (Å²) in [6.07, 6.45) is 8.12. The third-order valence-corrected chi connectivity index (χ3v) is 5.88. The number of primary amides is 1. The molecule has 1 aromatic rings. The number of nitrogens with two attached hydrogens (primary N) is 1. The minimum Gasteiger partial charge on any atom is -0.371 e. The monoisotopic (exact) mass is 401 g/mol. The molecule has 8 heteroatoms. The smallest absolute Gasteiger partial charge is 0.227 e. The van der Waals surface area contributed by atoms with Gasteiger partial charge in [-0.15, -0.1) is 0 Å². The van der Waals surface area contributed by atoms with Gasteiger partial charge in [-0.25, -0.2) is 0 Å². The molecule has 2 fully saturated rings. The quantitative estimate of drug-likeness (QED) is 0.706. The molecule has 2 aliphatic rings. The average Bonchev–Trinajstić information content (AvgIpc) is 2.77. The number of hydrogen-bond acceptors (Lipinski definition) is 5. The Hall–Kier alpha value is -2.64. The SMILES string of the molecule is NC(=O)CC(CNC(=O)C1CCN(c2ccncc2)CC1)C(=O)N1CCCCC1. The van der Waals surface area contributed by atoms with E-state index in [0.29, 0.717) is 0 Å². The van der Waals surface area contributed by atoms with Crippen LogP contribution in [0.5, 0.6) is 0 Å². The van der Waals surface area contributed by atoms with Crippen LogP contribution >= 0.6 is 0 Å². The molecule has 3 heterocycles. The Bertz CT molecular complexity index is 698. The molecule has 1 atom stereocenters. The largest absolute Gasteiger partial charge is 0.371 e. The molecule has 0 radical (unpaired) electrons. The number of likely N-dealkylation sites (tertiary alicyclic amines) is 1. The molecule has 2 aliphatic heterocycles. The van der Waals surface area contributed by atoms with E-state index < -0.39 is 11.8 Å². The third-order valence-electron chi connectivity index (χ3n) is 5.88. The third kappa shape index (κ3) is 5.92. The van der Waals surface area contributed by atoms with Gasteiger partial charge >= 0.3 is 0 Å². The highest BCUT2D eigenvalue weighted by Gasteiger charge is 2.29. The van der Waals surface area contributed by atoms with Gasteiger partial charge in [-0.3, -0.25) is 19.4 Å². The Morgan fingerprint density at radius 1 is 1.07 bits per heavy atom. The number of rotatable bonds is 7. The van der Waals surface area contributed by atoms with Crippen LogP contribution in [-0.4, -0.2) is 60.3 Å². The van der Waals surface area contributed by atoms with E-state index in [1.54, 1.807) is 17.3 Å². The van der Waals surface area contributed by atoms with Crippen molar-refractivity contribution in [2.75, 3.05) is 37.6 Å². The van der Waals surface area contributed by atoms with Gasteiger partial charge in [0, 0.05) is 63.1 Å². The standard InChI is InChI=1S/C21H31N5O3/c22-19(27)14-17(21(29)26-10-2-1-3-11-26)15-24-20(28)16-6-12-25(13-7-16)18-4-8-23-9-5-18/h4-5,8-9,16-17H,1-3,6-7,10-15H2,(H2,22,27)(H,24,28). The molecular weight excluding hydrogens is 370 g/mol. The normalized spacial score (nSPS) is 18.9. The van der Waals surface area contributed by atoms with Crippen LogP contribution in [0.4, 0.5) is 5.69 Å². The average molecular weight is 402 g/mol. The van der Waals surface area contributed by atoms with Crippen molar-refractivity contribution < 1.29 is 14.4 Å². The van der Waals surface area contributed by atoms with Crippen LogP contribution in [0, 0.1) is 11.8 Å². The molecule has 0 aromatic carbocycles. The summed E-state index contributed by atoms with van der Waals surface area (Å²) < 4.78 is 0. The molecule has 1 unspecified atom stereocenters. The van der Waals surface area contributed by atoms with Crippen molar-refractivity contribution in [2.45, 2.75) is 38.5 Å². The molecule has 1 aromatic heterocycles. The number of anilines is 1. The number of carbonyl (C=O) groups excluding carboxylic acids is 3. The first kappa shape index (κ1) is 21.1. The van der Waals surface area contributed by atoms with Gasteiger partial charge in [0.05, 0.1) is 5.92 Å². The summed E-state index contributed by atoms with van der Waals surface area (Å²) in [6, 6.07) is 3.95. The first-order chi connectivity index (χ1) is 14.0. The maximum Gasteiger partial charge on any atom is 0.227 e. The Balaban J connectivity index is 1.49. The van der Waals surface area contributed by atoms with E-state index in [2.05, 4.69) is 15.2 Å². The molecule has 0 bridgehead atoms. The Labute approximate surface area is 171 Å². The lowest BCUT2D eigenvalue weighted by Crippen LogP contribution is -2.46. The van der Waals surface area contributed by atoms with Gasteiger partial charge in [-0.2, -0.15) is 0 Å². The molecule has 2 saturated heterocycles. The summed E-state index contributed by atoms with van der Waals surface area (Å²) in [5.74, 6) is -1.28. The second-order valence-corrected chi connectivity index (χ2v) is 7.97. The van der Waals surface area contributed by atoms with Crippen molar-refractivity contribution in [2.24, 2.45) is 17.6 Å². The first-order valence-electron chi connectivity index (χ1n) is 10.5. The highest BCUT2D eigenvalue weighted by atomic mass is 16.2. The summed E-state index contributed by atoms with van der Waals surface area (Å²) in [4.78, 5) is 45.0. The minimum absolute atomic E-state index is 0.0316. The highest BCUT2D eigenvalue weighted by molar-refractivity contribution is 5.86. The van der Waals surface area contributed by atoms with Crippen molar-refractivity contribution in [1.82, 2.24) is 15.2 Å². The van der Waals surface area contributed by atoms with Gasteiger partial charge in [0.2, 0.25) is 17.7 Å². The van der Waals surface area contributed by atoms with E-state index in [1.165, 1.54) is 0 Å². The van der Waals surface area contributed by atoms with E-state index >= 15 is 0 Å². The van der Waals surface area contributed by atoms with Crippen molar-refractivity contribution in [3.8, 4) is 0 Å². The number of carbonyl (C=O) groups is 3. The summed E-state index contributed by atoms with van der Waals surface area (Å²) in [6.45, 7) is 3.21. The summed E-state index contributed by atoms with van der Waals surface area (Å²) in [5, 5.41) is 2.91. The number of amides is 3. The van der Waals surface area contributed by atoms with Crippen LogP contribution in [0.1, 0.15) is 38.5 Å². The van der Waals surface area contributed by atoms with Gasteiger partial charge < -0.3 is 20.9 Å². The summed E-state index contributed by atoms with van der Waals surface area (Å²) in [7, 11) is 0. The lowest BCUT2D eigenvalue weighted by atomic mass is 9.95. The molecule has 158 valence electrons. The van der Waals surface area contributed by atoms with Crippen LogP contribution < -0.4 is 16.0 Å². The van der Waals surface area contributed by atoms with Crippen LogP contribution in [0.3, 0.4) is 0 Å². The fourth-order valence-electron chi connectivity index (χ4n) is 4.19. The van der Waals surface area contributed by atoms with Gasteiger partial charge in [0.15, 0.2) is 0 Å². The van der Waals surface area contributed by atoms with E-state index in [1.807, 2.05) is 12.1 Å². The highest BCUT2D eigenvalue weighted by Crippen LogP contribution is 2.23. The number of nitrogens with one attached hydrogen (secondary N) is 1. The topological polar surface area (TPSA) is 109 Å². The molecular formula is C21H31N5O3. The molecule has 0 spiro atoms. The molecule has 3 rings (SSSR count). The van der Waals surface area contributed by atoms with E-state index in [4.69, 9.17) is 5.73 Å². The number of aromatic nitrogens is 1. The zero-order chi connectivity index (χ0) is 20.6. The molecule has 3 amide bonds. The van der Waals surface area contributed by atoms with E-state index in [0.717, 1.165) is 64.0 Å². The Kier molecular flexibility index (Phi) is 7.43. The number of hydrogen-bond donors (Lipinski definition) is 2. The second-order valence-electron chi connectivity index (χ2n) is 7.97. The molecule has 29 heavy (non-hydrogen) atoms. The Morgan fingerprint density at radius 3 is 2.34 bits per heavy atom.